The summed E-state index contributed by atoms with van der Waals surface area (Å²) in [5.41, 5.74) is 2.15. The van der Waals surface area contributed by atoms with Gasteiger partial charge in [0.1, 0.15) is 12.1 Å². The molecule has 1 N–H and O–H groups in total. The van der Waals surface area contributed by atoms with E-state index in [1.54, 1.807) is 22.9 Å². The number of benzene rings is 1. The number of likely N-dealkylation sites (tertiary alicyclic amines) is 1. The molecule has 0 spiro atoms. The van der Waals surface area contributed by atoms with E-state index in [0.29, 0.717) is 11.7 Å². The minimum Gasteiger partial charge on any atom is -0.410 e. The molecule has 29 heavy (non-hydrogen) atoms. The average Bonchev–Trinajstić information content (AvgIpc) is 3.28. The van der Waals surface area contributed by atoms with Crippen LogP contribution in [0.4, 0.5) is 4.79 Å². The lowest BCUT2D eigenvalue weighted by Crippen LogP contribution is -2.40. The number of nitrogens with zero attached hydrogens (tertiary/aromatic N) is 4. The fraction of sp³-hybridized carbons (Fsp3) is 0.333. The molecular weight excluding hydrogens is 386 g/mol. The summed E-state index contributed by atoms with van der Waals surface area (Å²) in [6, 6.07) is 13.5. The van der Waals surface area contributed by atoms with E-state index >= 15 is 0 Å². The van der Waals surface area contributed by atoms with Crippen LogP contribution in [-0.4, -0.2) is 50.0 Å². The van der Waals surface area contributed by atoms with Gasteiger partial charge in [-0.05, 0) is 48.6 Å². The fourth-order valence-electron chi connectivity index (χ4n) is 3.30. The lowest BCUT2D eigenvalue weighted by molar-refractivity contribution is 0.134. The highest BCUT2D eigenvalue weighted by Crippen LogP contribution is 2.25. The zero-order valence-electron chi connectivity index (χ0n) is 16.0. The van der Waals surface area contributed by atoms with E-state index < -0.39 is 0 Å². The van der Waals surface area contributed by atoms with Gasteiger partial charge in [-0.25, -0.2) is 9.78 Å². The molecule has 0 bridgehead atoms. The summed E-state index contributed by atoms with van der Waals surface area (Å²) in [5.74, 6) is 2.12. The van der Waals surface area contributed by atoms with Gasteiger partial charge >= 0.3 is 6.09 Å². The van der Waals surface area contributed by atoms with Crippen LogP contribution in [0.5, 0.6) is 5.75 Å². The Labute approximate surface area is 173 Å². The van der Waals surface area contributed by atoms with E-state index in [1.165, 1.54) is 6.33 Å². The summed E-state index contributed by atoms with van der Waals surface area (Å²) in [6.45, 7) is 1.44. The van der Waals surface area contributed by atoms with Crippen molar-refractivity contribution in [3.8, 4) is 5.75 Å². The molecule has 0 saturated carbocycles. The molecule has 150 valence electrons. The largest absolute Gasteiger partial charge is 0.415 e. The number of ether oxygens (including phenoxy) is 1. The van der Waals surface area contributed by atoms with Crippen LogP contribution in [0.1, 0.15) is 24.1 Å². The number of carbonyl (C=O) groups excluding carboxylic acids is 1. The van der Waals surface area contributed by atoms with Gasteiger partial charge in [-0.3, -0.25) is 10.1 Å². The van der Waals surface area contributed by atoms with Crippen molar-refractivity contribution in [2.45, 2.75) is 24.4 Å². The number of nitrogens with one attached hydrogen (secondary N) is 1. The summed E-state index contributed by atoms with van der Waals surface area (Å²) >= 11 is 1.68. The topological polar surface area (TPSA) is 84.0 Å². The van der Waals surface area contributed by atoms with E-state index in [-0.39, 0.29) is 6.09 Å². The van der Waals surface area contributed by atoms with Crippen molar-refractivity contribution in [2.24, 2.45) is 5.92 Å². The van der Waals surface area contributed by atoms with Gasteiger partial charge < -0.3 is 9.64 Å². The molecule has 0 unspecified atom stereocenters. The number of carbonyl (C=O) groups is 1. The third kappa shape index (κ3) is 5.57. The Kier molecular flexibility index (Phi) is 6.41. The van der Waals surface area contributed by atoms with E-state index in [4.69, 9.17) is 4.74 Å². The maximum Gasteiger partial charge on any atom is 0.415 e. The number of aromatic nitrogens is 4. The molecule has 1 aliphatic rings. The minimum atomic E-state index is -0.274. The van der Waals surface area contributed by atoms with Crippen molar-refractivity contribution < 1.29 is 9.53 Å². The minimum absolute atomic E-state index is 0.274. The SMILES string of the molecule is O=C(Oc1ccc(Cc2ccccn2)cc1)N1CCC(CSc2ncn[nH]2)CC1. The molecule has 1 fully saturated rings. The summed E-state index contributed by atoms with van der Waals surface area (Å²) in [4.78, 5) is 22.7. The quantitative estimate of drug-likeness (QED) is 0.624. The number of rotatable bonds is 6. The van der Waals surface area contributed by atoms with E-state index in [0.717, 1.165) is 54.5 Å². The molecule has 0 atom stereocenters. The Morgan fingerprint density at radius 3 is 2.66 bits per heavy atom. The van der Waals surface area contributed by atoms with Crippen LogP contribution in [0.15, 0.2) is 60.1 Å². The second kappa shape index (κ2) is 9.56. The van der Waals surface area contributed by atoms with Crippen molar-refractivity contribution in [3.63, 3.8) is 0 Å². The zero-order chi connectivity index (χ0) is 19.9. The number of H-pyrrole nitrogens is 1. The number of hydrogen-bond donors (Lipinski definition) is 1. The van der Waals surface area contributed by atoms with Gasteiger partial charge in [0.25, 0.3) is 0 Å². The summed E-state index contributed by atoms with van der Waals surface area (Å²) in [6.07, 6.45) is 5.74. The third-order valence-corrected chi connectivity index (χ3v) is 6.07. The maximum absolute atomic E-state index is 12.5. The van der Waals surface area contributed by atoms with Gasteiger partial charge in [-0.15, -0.1) is 0 Å². The first-order chi connectivity index (χ1) is 14.3. The van der Waals surface area contributed by atoms with Gasteiger partial charge in [0.2, 0.25) is 0 Å². The molecule has 4 rings (SSSR count). The van der Waals surface area contributed by atoms with Crippen LogP contribution >= 0.6 is 11.8 Å². The van der Waals surface area contributed by atoms with Crippen molar-refractivity contribution in [3.05, 3.63) is 66.2 Å². The van der Waals surface area contributed by atoms with E-state index in [1.807, 2.05) is 42.5 Å². The van der Waals surface area contributed by atoms with E-state index in [9.17, 15) is 4.79 Å². The van der Waals surface area contributed by atoms with Crippen molar-refractivity contribution in [2.75, 3.05) is 18.8 Å². The molecule has 0 aliphatic carbocycles. The molecule has 1 saturated heterocycles. The van der Waals surface area contributed by atoms with Crippen LogP contribution in [0.25, 0.3) is 0 Å². The summed E-state index contributed by atoms with van der Waals surface area (Å²) in [7, 11) is 0. The Balaban J connectivity index is 1.22. The Bertz CT molecular complexity index is 895. The number of pyridine rings is 1. The highest BCUT2D eigenvalue weighted by atomic mass is 32.2. The van der Waals surface area contributed by atoms with Crippen LogP contribution in [-0.2, 0) is 6.42 Å². The fourth-order valence-corrected chi connectivity index (χ4v) is 4.26. The van der Waals surface area contributed by atoms with Crippen molar-refractivity contribution >= 4 is 17.9 Å². The van der Waals surface area contributed by atoms with Crippen LogP contribution in [0.2, 0.25) is 0 Å². The van der Waals surface area contributed by atoms with Gasteiger partial charge in [-0.1, -0.05) is 30.0 Å². The zero-order valence-corrected chi connectivity index (χ0v) is 16.8. The standard InChI is InChI=1S/C21H23N5O2S/c27-21(26-11-8-17(9-12-26)14-29-20-23-15-24-25-20)28-19-6-4-16(5-7-19)13-18-3-1-2-10-22-18/h1-7,10,15,17H,8-9,11-14H2,(H,23,24,25). The van der Waals surface area contributed by atoms with Crippen molar-refractivity contribution in [1.29, 1.82) is 0 Å². The molecule has 1 amide bonds. The van der Waals surface area contributed by atoms with Gasteiger partial charge in [0.05, 0.1) is 0 Å². The third-order valence-electron chi connectivity index (χ3n) is 4.96. The number of thioether (sulfide) groups is 1. The summed E-state index contributed by atoms with van der Waals surface area (Å²) < 4.78 is 5.56. The number of aromatic amines is 1. The predicted octanol–water partition coefficient (Wildman–Crippen LogP) is 3.79. The first kappa shape index (κ1) is 19.4. The van der Waals surface area contributed by atoms with Crippen LogP contribution < -0.4 is 4.74 Å². The number of amides is 1. The Hall–Kier alpha value is -2.87. The lowest BCUT2D eigenvalue weighted by atomic mass is 9.99. The smallest absolute Gasteiger partial charge is 0.410 e. The normalized spacial score (nSPS) is 14.7. The second-order valence-electron chi connectivity index (χ2n) is 7.04. The van der Waals surface area contributed by atoms with Crippen LogP contribution in [0, 0.1) is 5.92 Å². The maximum atomic E-state index is 12.5. The molecule has 8 heteroatoms. The monoisotopic (exact) mass is 409 g/mol. The molecule has 1 aliphatic heterocycles. The first-order valence-corrected chi connectivity index (χ1v) is 10.7. The van der Waals surface area contributed by atoms with Crippen LogP contribution in [0.3, 0.4) is 0 Å². The molecule has 2 aromatic heterocycles. The molecule has 1 aromatic carbocycles. The Morgan fingerprint density at radius 1 is 1.14 bits per heavy atom. The summed E-state index contributed by atoms with van der Waals surface area (Å²) in [5, 5.41) is 7.57. The predicted molar refractivity (Wildman–Crippen MR) is 111 cm³/mol. The first-order valence-electron chi connectivity index (χ1n) is 9.70. The second-order valence-corrected chi connectivity index (χ2v) is 8.05. The highest BCUT2D eigenvalue weighted by Gasteiger charge is 2.24. The highest BCUT2D eigenvalue weighted by molar-refractivity contribution is 7.99. The van der Waals surface area contributed by atoms with Gasteiger partial charge in [0, 0.05) is 37.2 Å². The molecule has 0 radical (unpaired) electrons. The van der Waals surface area contributed by atoms with Crippen molar-refractivity contribution in [1.82, 2.24) is 25.1 Å². The Morgan fingerprint density at radius 2 is 1.97 bits per heavy atom. The average molecular weight is 410 g/mol. The lowest BCUT2D eigenvalue weighted by Gasteiger charge is -2.30. The van der Waals surface area contributed by atoms with E-state index in [2.05, 4.69) is 20.2 Å². The van der Waals surface area contributed by atoms with Gasteiger partial charge in [0.15, 0.2) is 5.16 Å². The van der Waals surface area contributed by atoms with Gasteiger partial charge in [-0.2, -0.15) is 5.10 Å². The molecule has 7 nitrogen and oxygen atoms in total. The molecular formula is C21H23N5O2S. The number of hydrogen-bond acceptors (Lipinski definition) is 6. The molecule has 3 heterocycles. The molecule has 3 aromatic rings. The number of piperidine rings is 1.